The van der Waals surface area contributed by atoms with E-state index in [4.69, 9.17) is 23.2 Å². The molecule has 0 unspecified atom stereocenters. The first-order valence-corrected chi connectivity index (χ1v) is 6.80. The summed E-state index contributed by atoms with van der Waals surface area (Å²) in [6.07, 6.45) is 1.59. The quantitative estimate of drug-likeness (QED) is 0.720. The average Bonchev–Trinajstić information content (AvgIpc) is 2.29. The van der Waals surface area contributed by atoms with Crippen molar-refractivity contribution in [3.63, 3.8) is 0 Å². The Morgan fingerprint density at radius 1 is 1.12 bits per heavy atom. The fraction of sp³-hybridized carbons (Fsp3) is 0. The van der Waals surface area contributed by atoms with E-state index in [1.54, 1.807) is 12.3 Å². The standard InChI is InChI=1S/C10H5Br2Cl2N3/c11-6-3-5(1-2-8(6)13)16-9-7(12)4-15-10(14)17-9/h1-4H,(H,15,16,17). The molecule has 0 saturated heterocycles. The third kappa shape index (κ3) is 3.31. The Morgan fingerprint density at radius 2 is 1.88 bits per heavy atom. The highest BCUT2D eigenvalue weighted by Crippen LogP contribution is 2.29. The Morgan fingerprint density at radius 3 is 2.59 bits per heavy atom. The molecule has 2 aromatic rings. The highest BCUT2D eigenvalue weighted by Gasteiger charge is 2.05. The fourth-order valence-corrected chi connectivity index (χ4v) is 2.06. The highest BCUT2D eigenvalue weighted by atomic mass is 79.9. The van der Waals surface area contributed by atoms with Crippen molar-refractivity contribution in [3.05, 3.63) is 43.6 Å². The van der Waals surface area contributed by atoms with Crippen molar-refractivity contribution in [1.82, 2.24) is 9.97 Å². The summed E-state index contributed by atoms with van der Waals surface area (Å²) in [5, 5.41) is 3.94. The summed E-state index contributed by atoms with van der Waals surface area (Å²) < 4.78 is 1.54. The Balaban J connectivity index is 2.31. The fourth-order valence-electron chi connectivity index (χ4n) is 1.14. The van der Waals surface area contributed by atoms with Gasteiger partial charge in [-0.2, -0.15) is 4.98 Å². The van der Waals surface area contributed by atoms with Gasteiger partial charge in [0.15, 0.2) is 0 Å². The van der Waals surface area contributed by atoms with Crippen molar-refractivity contribution in [2.75, 3.05) is 5.32 Å². The van der Waals surface area contributed by atoms with Gasteiger partial charge in [0.05, 0.1) is 9.50 Å². The zero-order valence-corrected chi connectivity index (χ0v) is 12.9. The van der Waals surface area contributed by atoms with Crippen molar-refractivity contribution in [1.29, 1.82) is 0 Å². The summed E-state index contributed by atoms with van der Waals surface area (Å²) in [6.45, 7) is 0. The molecule has 0 saturated carbocycles. The zero-order valence-electron chi connectivity index (χ0n) is 8.22. The Bertz CT molecular complexity index is 563. The summed E-state index contributed by atoms with van der Waals surface area (Å²) in [4.78, 5) is 7.92. The van der Waals surface area contributed by atoms with Crippen LogP contribution in [0.25, 0.3) is 0 Å². The van der Waals surface area contributed by atoms with Gasteiger partial charge in [-0.15, -0.1) is 0 Å². The average molecular weight is 398 g/mol. The van der Waals surface area contributed by atoms with Crippen LogP contribution in [0.5, 0.6) is 0 Å². The molecule has 1 aromatic carbocycles. The number of aromatic nitrogens is 2. The lowest BCUT2D eigenvalue weighted by Crippen LogP contribution is -1.96. The molecule has 1 aromatic heterocycles. The van der Waals surface area contributed by atoms with E-state index in [0.717, 1.165) is 14.6 Å². The maximum absolute atomic E-state index is 5.91. The van der Waals surface area contributed by atoms with Crippen LogP contribution in [0.3, 0.4) is 0 Å². The minimum absolute atomic E-state index is 0.184. The number of benzene rings is 1. The SMILES string of the molecule is Clc1ncc(Br)c(Nc2ccc(Cl)c(Br)c2)n1. The predicted molar refractivity (Wildman–Crippen MR) is 77.2 cm³/mol. The molecule has 3 nitrogen and oxygen atoms in total. The van der Waals surface area contributed by atoms with Crippen LogP contribution < -0.4 is 5.32 Å². The molecule has 2 rings (SSSR count). The van der Waals surface area contributed by atoms with E-state index in [9.17, 15) is 0 Å². The molecule has 0 aliphatic carbocycles. The maximum Gasteiger partial charge on any atom is 0.224 e. The summed E-state index contributed by atoms with van der Waals surface area (Å²) in [5.74, 6) is 0.597. The third-order valence-corrected chi connectivity index (χ3v) is 3.87. The zero-order chi connectivity index (χ0) is 12.4. The number of anilines is 2. The number of nitrogens with one attached hydrogen (secondary N) is 1. The van der Waals surface area contributed by atoms with Crippen LogP contribution in [0.4, 0.5) is 11.5 Å². The van der Waals surface area contributed by atoms with E-state index in [-0.39, 0.29) is 5.28 Å². The molecule has 17 heavy (non-hydrogen) atoms. The van der Waals surface area contributed by atoms with Gasteiger partial charge in [-0.05, 0) is 61.7 Å². The Kier molecular flexibility index (Phi) is 4.25. The van der Waals surface area contributed by atoms with Crippen LogP contribution >= 0.6 is 55.1 Å². The van der Waals surface area contributed by atoms with E-state index in [0.29, 0.717) is 10.8 Å². The first kappa shape index (κ1) is 13.1. The van der Waals surface area contributed by atoms with Crippen LogP contribution in [-0.4, -0.2) is 9.97 Å². The molecular weight excluding hydrogens is 393 g/mol. The molecule has 1 heterocycles. The molecule has 1 N–H and O–H groups in total. The molecular formula is C10H5Br2Cl2N3. The molecule has 0 spiro atoms. The van der Waals surface area contributed by atoms with E-state index >= 15 is 0 Å². The summed E-state index contributed by atoms with van der Waals surface area (Å²) >= 11 is 18.3. The monoisotopic (exact) mass is 395 g/mol. The molecule has 7 heteroatoms. The second kappa shape index (κ2) is 5.52. The van der Waals surface area contributed by atoms with Crippen molar-refractivity contribution in [2.24, 2.45) is 0 Å². The van der Waals surface area contributed by atoms with Crippen LogP contribution in [0, 0.1) is 0 Å². The van der Waals surface area contributed by atoms with Gasteiger partial charge in [0.2, 0.25) is 5.28 Å². The molecule has 0 radical (unpaired) electrons. The number of hydrogen-bond acceptors (Lipinski definition) is 3. The van der Waals surface area contributed by atoms with Gasteiger partial charge in [0, 0.05) is 16.4 Å². The number of halogens is 4. The van der Waals surface area contributed by atoms with E-state index in [1.165, 1.54) is 0 Å². The van der Waals surface area contributed by atoms with Gasteiger partial charge in [-0.3, -0.25) is 0 Å². The first-order valence-electron chi connectivity index (χ1n) is 4.46. The van der Waals surface area contributed by atoms with Gasteiger partial charge >= 0.3 is 0 Å². The summed E-state index contributed by atoms with van der Waals surface area (Å²) in [7, 11) is 0. The topological polar surface area (TPSA) is 37.8 Å². The second-order valence-corrected chi connectivity index (χ2v) is 5.54. The second-order valence-electron chi connectivity index (χ2n) is 3.09. The first-order chi connectivity index (χ1) is 8.06. The van der Waals surface area contributed by atoms with Crippen LogP contribution in [0.1, 0.15) is 0 Å². The van der Waals surface area contributed by atoms with Gasteiger partial charge in [-0.1, -0.05) is 11.6 Å². The molecule has 88 valence electrons. The van der Waals surface area contributed by atoms with Crippen LogP contribution in [-0.2, 0) is 0 Å². The number of rotatable bonds is 2. The normalized spacial score (nSPS) is 10.4. The lowest BCUT2D eigenvalue weighted by Gasteiger charge is -2.08. The predicted octanol–water partition coefficient (Wildman–Crippen LogP) is 5.05. The summed E-state index contributed by atoms with van der Waals surface area (Å²) in [5.41, 5.74) is 0.844. The lowest BCUT2D eigenvalue weighted by molar-refractivity contribution is 1.15. The minimum Gasteiger partial charge on any atom is -0.339 e. The lowest BCUT2D eigenvalue weighted by atomic mass is 10.3. The minimum atomic E-state index is 0.184. The molecule has 0 aliphatic rings. The van der Waals surface area contributed by atoms with Crippen molar-refractivity contribution < 1.29 is 0 Å². The van der Waals surface area contributed by atoms with Gasteiger partial charge in [0.1, 0.15) is 5.82 Å². The van der Waals surface area contributed by atoms with Gasteiger partial charge in [-0.25, -0.2) is 4.98 Å². The largest absolute Gasteiger partial charge is 0.339 e. The molecule has 0 aliphatic heterocycles. The van der Waals surface area contributed by atoms with E-state index in [2.05, 4.69) is 47.1 Å². The van der Waals surface area contributed by atoms with Crippen molar-refractivity contribution in [3.8, 4) is 0 Å². The Hall–Kier alpha value is -0.360. The van der Waals surface area contributed by atoms with Crippen LogP contribution in [0.15, 0.2) is 33.3 Å². The molecule has 0 atom stereocenters. The third-order valence-electron chi connectivity index (χ3n) is 1.90. The van der Waals surface area contributed by atoms with Gasteiger partial charge < -0.3 is 5.32 Å². The van der Waals surface area contributed by atoms with Gasteiger partial charge in [0.25, 0.3) is 0 Å². The molecule has 0 amide bonds. The van der Waals surface area contributed by atoms with E-state index < -0.39 is 0 Å². The smallest absolute Gasteiger partial charge is 0.224 e. The summed E-state index contributed by atoms with van der Waals surface area (Å²) in [6, 6.07) is 5.48. The van der Waals surface area contributed by atoms with E-state index in [1.807, 2.05) is 12.1 Å². The number of nitrogens with zero attached hydrogens (tertiary/aromatic N) is 2. The number of hydrogen-bond donors (Lipinski definition) is 1. The maximum atomic E-state index is 5.91. The van der Waals surface area contributed by atoms with Crippen LogP contribution in [0.2, 0.25) is 10.3 Å². The van der Waals surface area contributed by atoms with Crippen molar-refractivity contribution >= 4 is 66.6 Å². The Labute approximate surface area is 125 Å². The molecule has 0 bridgehead atoms. The highest BCUT2D eigenvalue weighted by molar-refractivity contribution is 9.11. The van der Waals surface area contributed by atoms with Crippen molar-refractivity contribution in [2.45, 2.75) is 0 Å². The molecule has 0 fully saturated rings.